The van der Waals surface area contributed by atoms with Crippen LogP contribution in [0.25, 0.3) is 0 Å². The summed E-state index contributed by atoms with van der Waals surface area (Å²) in [6, 6.07) is 12.8. The Balaban J connectivity index is 0.000000277. The van der Waals surface area contributed by atoms with Gasteiger partial charge in [-0.1, -0.05) is 18.2 Å². The number of carbonyl (C=O) groups excluding carboxylic acids is 6. The highest BCUT2D eigenvalue weighted by Crippen LogP contribution is 2.38. The summed E-state index contributed by atoms with van der Waals surface area (Å²) < 4.78 is 39.8. The van der Waals surface area contributed by atoms with E-state index in [9.17, 15) is 37.2 Å². The van der Waals surface area contributed by atoms with Gasteiger partial charge in [0, 0.05) is 20.1 Å². The summed E-state index contributed by atoms with van der Waals surface area (Å²) in [5, 5.41) is 5.02. The van der Waals surface area contributed by atoms with Gasteiger partial charge in [0.2, 0.25) is 11.8 Å². The monoisotopic (exact) mass is 665 g/mol. The van der Waals surface area contributed by atoms with Crippen molar-refractivity contribution in [2.24, 2.45) is 0 Å². The first-order valence-corrected chi connectivity index (χ1v) is 16.2. The molecule has 14 nitrogen and oxygen atoms in total. The molecule has 0 aromatic heterocycles. The number of nitrogens with one attached hydrogen (secondary N) is 2. The lowest BCUT2D eigenvalue weighted by Crippen LogP contribution is -2.37. The number of nitrogens with zero attached hydrogens (tertiary/aromatic N) is 1. The molecule has 0 fully saturated rings. The van der Waals surface area contributed by atoms with E-state index in [4.69, 9.17) is 9.47 Å². The van der Waals surface area contributed by atoms with Gasteiger partial charge in [-0.15, -0.1) is 0 Å². The van der Waals surface area contributed by atoms with Gasteiger partial charge in [0.1, 0.15) is 9.84 Å². The fraction of sp³-hybridized carbons (Fsp3) is 0.250. The molecule has 2 heterocycles. The van der Waals surface area contributed by atoms with Crippen LogP contribution in [0.2, 0.25) is 0 Å². The molecule has 0 aliphatic carbocycles. The second-order valence-electron chi connectivity index (χ2n) is 10.4. The van der Waals surface area contributed by atoms with E-state index in [0.717, 1.165) is 11.2 Å². The number of fused-ring (bicyclic) bond motifs is 2. The Labute approximate surface area is 269 Å². The van der Waals surface area contributed by atoms with Crippen molar-refractivity contribution in [1.82, 2.24) is 4.90 Å². The van der Waals surface area contributed by atoms with Crippen molar-refractivity contribution in [2.75, 3.05) is 36.4 Å². The summed E-state index contributed by atoms with van der Waals surface area (Å²) in [4.78, 5) is 72.3. The van der Waals surface area contributed by atoms with Crippen LogP contribution in [-0.4, -0.2) is 74.6 Å². The number of carbonyl (C=O) groups is 6. The second kappa shape index (κ2) is 13.8. The number of ether oxygens (including phenoxy) is 3. The number of cyclic esters (lactones) is 2. The zero-order valence-corrected chi connectivity index (χ0v) is 26.9. The minimum absolute atomic E-state index is 0.0322. The van der Waals surface area contributed by atoms with Crippen LogP contribution >= 0.6 is 0 Å². The van der Waals surface area contributed by atoms with Gasteiger partial charge in [-0.05, 0) is 48.9 Å². The van der Waals surface area contributed by atoms with E-state index in [1.54, 1.807) is 43.3 Å². The van der Waals surface area contributed by atoms with Crippen LogP contribution in [0.3, 0.4) is 0 Å². The molecule has 15 heteroatoms. The molecule has 0 radical (unpaired) electrons. The minimum Gasteiger partial charge on any atom is -0.493 e. The van der Waals surface area contributed by atoms with Crippen LogP contribution in [0.4, 0.5) is 11.4 Å². The Bertz CT molecular complexity index is 1920. The number of hydrogen-bond donors (Lipinski definition) is 2. The summed E-state index contributed by atoms with van der Waals surface area (Å²) in [5.41, 5.74) is 1.33. The van der Waals surface area contributed by atoms with E-state index < -0.39 is 51.3 Å². The number of benzene rings is 3. The molecule has 2 N–H and O–H groups in total. The maximum Gasteiger partial charge on any atom is 0.349 e. The number of anilines is 2. The number of hydrogen-bond acceptors (Lipinski definition) is 11. The third-order valence-corrected chi connectivity index (χ3v) is 7.81. The molecule has 3 aromatic rings. The molecule has 1 unspecified atom stereocenters. The molecule has 0 saturated heterocycles. The zero-order chi connectivity index (χ0) is 34.6. The second-order valence-corrected chi connectivity index (χ2v) is 12.6. The van der Waals surface area contributed by atoms with Crippen molar-refractivity contribution in [3.05, 3.63) is 82.4 Å². The normalized spacial score (nSPS) is 13.9. The van der Waals surface area contributed by atoms with Gasteiger partial charge in [-0.25, -0.2) is 18.0 Å². The molecule has 246 valence electrons. The third-order valence-electron chi connectivity index (χ3n) is 6.89. The van der Waals surface area contributed by atoms with Crippen LogP contribution in [0.5, 0.6) is 11.5 Å². The molecule has 47 heavy (non-hydrogen) atoms. The Morgan fingerprint density at radius 1 is 0.830 bits per heavy atom. The topological polar surface area (TPSA) is 192 Å². The third kappa shape index (κ3) is 7.47. The van der Waals surface area contributed by atoms with Gasteiger partial charge in [0.15, 0.2) is 11.5 Å². The van der Waals surface area contributed by atoms with Gasteiger partial charge in [0.05, 0.1) is 59.1 Å². The predicted molar refractivity (Wildman–Crippen MR) is 168 cm³/mol. The fourth-order valence-electron chi connectivity index (χ4n) is 5.08. The molecule has 5 rings (SSSR count). The SMILES string of the molecule is CC(=O)Nc1cccc2c1C(=O)OC2=O.CCOc1cc(C(CS(C)(=O)=O)N2C(=O)c3cccc(NC(C)=O)c3C2=O)ccc1OC. The van der Waals surface area contributed by atoms with Crippen molar-refractivity contribution in [1.29, 1.82) is 0 Å². The quantitative estimate of drug-likeness (QED) is 0.193. The minimum atomic E-state index is -3.60. The van der Waals surface area contributed by atoms with Gasteiger partial charge in [0.25, 0.3) is 11.8 Å². The Kier molecular flexibility index (Phi) is 10.1. The van der Waals surface area contributed by atoms with Crippen molar-refractivity contribution in [3.63, 3.8) is 0 Å². The molecular formula is C32H31N3O11S. The lowest BCUT2D eigenvalue weighted by Gasteiger charge is -2.27. The molecule has 1 atom stereocenters. The summed E-state index contributed by atoms with van der Waals surface area (Å²) in [7, 11) is -2.13. The van der Waals surface area contributed by atoms with Crippen molar-refractivity contribution < 1.29 is 51.4 Å². The molecule has 2 aliphatic rings. The van der Waals surface area contributed by atoms with Gasteiger partial charge >= 0.3 is 11.9 Å². The molecule has 0 spiro atoms. The van der Waals surface area contributed by atoms with Crippen LogP contribution in [0, 0.1) is 0 Å². The molecule has 0 saturated carbocycles. The van der Waals surface area contributed by atoms with Crippen molar-refractivity contribution in [3.8, 4) is 11.5 Å². The van der Waals surface area contributed by atoms with E-state index in [1.165, 1.54) is 39.2 Å². The maximum absolute atomic E-state index is 13.3. The van der Waals surface area contributed by atoms with Crippen molar-refractivity contribution in [2.45, 2.75) is 26.8 Å². The van der Waals surface area contributed by atoms with E-state index in [1.807, 2.05) is 0 Å². The molecular weight excluding hydrogens is 634 g/mol. The number of sulfone groups is 1. The summed E-state index contributed by atoms with van der Waals surface area (Å²) in [6.07, 6.45) is 1.04. The molecule has 4 amide bonds. The summed E-state index contributed by atoms with van der Waals surface area (Å²) >= 11 is 0. The highest BCUT2D eigenvalue weighted by Gasteiger charge is 2.43. The van der Waals surface area contributed by atoms with Crippen molar-refractivity contribution >= 4 is 56.8 Å². The first kappa shape index (κ1) is 34.3. The zero-order valence-electron chi connectivity index (χ0n) is 26.0. The predicted octanol–water partition coefficient (Wildman–Crippen LogP) is 3.39. The van der Waals surface area contributed by atoms with E-state index in [2.05, 4.69) is 15.4 Å². The van der Waals surface area contributed by atoms with E-state index in [-0.39, 0.29) is 33.8 Å². The molecule has 3 aromatic carbocycles. The lowest BCUT2D eigenvalue weighted by molar-refractivity contribution is -0.115. The van der Waals surface area contributed by atoms with Gasteiger partial charge in [-0.3, -0.25) is 24.1 Å². The highest BCUT2D eigenvalue weighted by molar-refractivity contribution is 7.90. The average molecular weight is 666 g/mol. The van der Waals surface area contributed by atoms with Gasteiger partial charge < -0.3 is 24.8 Å². The lowest BCUT2D eigenvalue weighted by atomic mass is 10.1. The first-order valence-electron chi connectivity index (χ1n) is 14.1. The largest absolute Gasteiger partial charge is 0.493 e. The maximum atomic E-state index is 13.3. The van der Waals surface area contributed by atoms with Crippen LogP contribution in [-0.2, 0) is 24.2 Å². The Hall–Kier alpha value is -5.57. The van der Waals surface area contributed by atoms with E-state index >= 15 is 0 Å². The number of amides is 4. The number of esters is 2. The molecule has 2 aliphatic heterocycles. The van der Waals surface area contributed by atoms with Crippen LogP contribution in [0.1, 0.15) is 73.8 Å². The Morgan fingerprint density at radius 3 is 1.98 bits per heavy atom. The average Bonchev–Trinajstić information content (AvgIpc) is 3.43. The molecule has 0 bridgehead atoms. The van der Waals surface area contributed by atoms with Gasteiger partial charge in [-0.2, -0.15) is 0 Å². The fourth-order valence-corrected chi connectivity index (χ4v) is 6.00. The number of methoxy groups -OCH3 is 1. The first-order chi connectivity index (χ1) is 22.2. The summed E-state index contributed by atoms with van der Waals surface area (Å²) in [6.45, 7) is 4.73. The number of rotatable bonds is 9. The van der Waals surface area contributed by atoms with Crippen LogP contribution < -0.4 is 20.1 Å². The number of imide groups is 1. The summed E-state index contributed by atoms with van der Waals surface area (Å²) in [5.74, 6) is -3.12. The highest BCUT2D eigenvalue weighted by atomic mass is 32.2. The Morgan fingerprint density at radius 2 is 1.43 bits per heavy atom. The standard InChI is InChI=1S/C22H24N2O7S.C10H7NO4/c1-5-31-19-11-14(9-10-18(19)30-3)17(12-32(4,28)29)24-21(26)15-7-6-8-16(23-13(2)25)20(15)22(24)27;1-5(12)11-7-4-2-3-6-8(7)10(14)15-9(6)13/h6-11,17H,5,12H2,1-4H3,(H,23,25);2-4H,1H3,(H,11,12). The smallest absolute Gasteiger partial charge is 0.349 e. The van der Waals surface area contributed by atoms with Crippen LogP contribution in [0.15, 0.2) is 54.6 Å². The van der Waals surface area contributed by atoms with E-state index in [0.29, 0.717) is 29.4 Å².